The zero-order valence-corrected chi connectivity index (χ0v) is 15.4. The molecule has 5 rings (SSSR count). The van der Waals surface area contributed by atoms with E-state index in [4.69, 9.17) is 11.6 Å². The highest BCUT2D eigenvalue weighted by molar-refractivity contribution is 6.31. The fourth-order valence-corrected chi connectivity index (χ4v) is 4.93. The molecule has 144 valence electrons. The number of fused-ring (bicyclic) bond motifs is 3. The Labute approximate surface area is 164 Å². The van der Waals surface area contributed by atoms with Crippen LogP contribution in [0.25, 0.3) is 22.4 Å². The molecule has 9 heteroatoms. The fraction of sp³-hybridized carbons (Fsp3) is 0.368. The highest BCUT2D eigenvalue weighted by atomic mass is 35.5. The van der Waals surface area contributed by atoms with Crippen molar-refractivity contribution in [1.29, 1.82) is 0 Å². The molecule has 0 aliphatic heterocycles. The third-order valence-corrected chi connectivity index (χ3v) is 6.19. The Bertz CT molecular complexity index is 1090. The SMILES string of the molecule is O=C(O)C1C2CC[C@@H](C2)C1Nc1nc(-c2c[nH]c3ncc(Cl)cc23)ncc1F. The molecule has 0 spiro atoms. The predicted octanol–water partition coefficient (Wildman–Crippen LogP) is 3.72. The summed E-state index contributed by atoms with van der Waals surface area (Å²) < 4.78 is 14.4. The van der Waals surface area contributed by atoms with Crippen LogP contribution in [0, 0.1) is 23.6 Å². The Hall–Kier alpha value is -2.74. The molecular formula is C19H17ClFN5O2. The lowest BCUT2D eigenvalue weighted by Crippen LogP contribution is -2.39. The lowest BCUT2D eigenvalue weighted by atomic mass is 9.84. The number of nitrogens with zero attached hydrogens (tertiary/aromatic N) is 3. The number of hydrogen-bond donors (Lipinski definition) is 3. The number of rotatable bonds is 4. The van der Waals surface area contributed by atoms with E-state index in [1.807, 2.05) is 0 Å². The van der Waals surface area contributed by atoms with E-state index in [-0.39, 0.29) is 23.7 Å². The van der Waals surface area contributed by atoms with Gasteiger partial charge in [0, 0.05) is 29.4 Å². The summed E-state index contributed by atoms with van der Waals surface area (Å²) in [5, 5.41) is 13.9. The van der Waals surface area contributed by atoms with Gasteiger partial charge < -0.3 is 15.4 Å². The minimum Gasteiger partial charge on any atom is -0.481 e. The summed E-state index contributed by atoms with van der Waals surface area (Å²) in [6, 6.07) is 1.42. The van der Waals surface area contributed by atoms with Crippen LogP contribution in [-0.4, -0.2) is 37.1 Å². The van der Waals surface area contributed by atoms with E-state index in [1.165, 1.54) is 6.20 Å². The van der Waals surface area contributed by atoms with E-state index in [0.29, 0.717) is 22.1 Å². The smallest absolute Gasteiger partial charge is 0.308 e. The highest BCUT2D eigenvalue weighted by Gasteiger charge is 2.51. The number of aromatic amines is 1. The van der Waals surface area contributed by atoms with Crippen molar-refractivity contribution in [2.45, 2.75) is 25.3 Å². The number of aliphatic carboxylic acids is 1. The van der Waals surface area contributed by atoms with Gasteiger partial charge in [0.05, 0.1) is 17.1 Å². The second-order valence-corrected chi connectivity index (χ2v) is 7.95. The Balaban J connectivity index is 1.51. The first-order chi connectivity index (χ1) is 13.5. The highest BCUT2D eigenvalue weighted by Crippen LogP contribution is 2.49. The summed E-state index contributed by atoms with van der Waals surface area (Å²) in [5.74, 6) is -1.25. The first-order valence-corrected chi connectivity index (χ1v) is 9.54. The lowest BCUT2D eigenvalue weighted by molar-refractivity contribution is -0.143. The molecule has 0 amide bonds. The average Bonchev–Trinajstić information content (AvgIpc) is 3.37. The van der Waals surface area contributed by atoms with Gasteiger partial charge in [0.25, 0.3) is 0 Å². The van der Waals surface area contributed by atoms with E-state index in [2.05, 4.69) is 25.3 Å². The number of pyridine rings is 1. The first-order valence-electron chi connectivity index (χ1n) is 9.16. The molecule has 0 radical (unpaired) electrons. The van der Waals surface area contributed by atoms with E-state index in [9.17, 15) is 14.3 Å². The van der Waals surface area contributed by atoms with Gasteiger partial charge in [-0.25, -0.2) is 19.3 Å². The Kier molecular flexibility index (Phi) is 3.97. The zero-order chi connectivity index (χ0) is 19.4. The third-order valence-electron chi connectivity index (χ3n) is 5.99. The van der Waals surface area contributed by atoms with Crippen LogP contribution >= 0.6 is 11.6 Å². The lowest BCUT2D eigenvalue weighted by Gasteiger charge is -2.29. The topological polar surface area (TPSA) is 104 Å². The quantitative estimate of drug-likeness (QED) is 0.615. The maximum Gasteiger partial charge on any atom is 0.308 e. The van der Waals surface area contributed by atoms with Crippen LogP contribution in [0.3, 0.4) is 0 Å². The standard InChI is InChI=1S/C19H17ClFN5O2/c20-10-4-11-12(6-23-16(11)22-5-10)17-24-7-13(21)18(26-17)25-15-9-2-1-8(3-9)14(15)19(27)28/h4-9,14-15H,1-3H2,(H,22,23)(H,27,28)(H,24,25,26)/t8?,9-,14?,15?/m0/s1. The van der Waals surface area contributed by atoms with Crippen LogP contribution in [0.15, 0.2) is 24.7 Å². The maximum atomic E-state index is 14.4. The van der Waals surface area contributed by atoms with Crippen LogP contribution in [0.5, 0.6) is 0 Å². The van der Waals surface area contributed by atoms with Gasteiger partial charge in [-0.3, -0.25) is 4.79 Å². The molecule has 2 saturated carbocycles. The Morgan fingerprint density at radius 3 is 2.93 bits per heavy atom. The molecule has 2 aliphatic rings. The second kappa shape index (κ2) is 6.41. The van der Waals surface area contributed by atoms with Gasteiger partial charge in [0.1, 0.15) is 5.65 Å². The van der Waals surface area contributed by atoms with E-state index < -0.39 is 17.7 Å². The summed E-state index contributed by atoms with van der Waals surface area (Å²) in [7, 11) is 0. The van der Waals surface area contributed by atoms with Gasteiger partial charge in [-0.1, -0.05) is 11.6 Å². The zero-order valence-electron chi connectivity index (χ0n) is 14.7. The molecule has 28 heavy (non-hydrogen) atoms. The number of anilines is 1. The van der Waals surface area contributed by atoms with Crippen LogP contribution < -0.4 is 5.32 Å². The minimum absolute atomic E-state index is 0.0261. The van der Waals surface area contributed by atoms with E-state index in [1.54, 1.807) is 12.3 Å². The molecule has 3 heterocycles. The minimum atomic E-state index is -0.836. The number of hydrogen-bond acceptors (Lipinski definition) is 5. The fourth-order valence-electron chi connectivity index (χ4n) is 4.77. The van der Waals surface area contributed by atoms with Gasteiger partial charge in [-0.2, -0.15) is 0 Å². The molecule has 3 aromatic rings. The van der Waals surface area contributed by atoms with Crippen LogP contribution in [0.1, 0.15) is 19.3 Å². The average molecular weight is 402 g/mol. The van der Waals surface area contributed by atoms with Crippen molar-refractivity contribution in [2.75, 3.05) is 5.32 Å². The molecule has 3 N–H and O–H groups in total. The molecule has 4 atom stereocenters. The number of carboxylic acid groups (broad SMARTS) is 1. The summed E-state index contributed by atoms with van der Waals surface area (Å²) in [6.45, 7) is 0. The van der Waals surface area contributed by atoms with Gasteiger partial charge in [0.2, 0.25) is 0 Å². The summed E-state index contributed by atoms with van der Waals surface area (Å²) in [5.41, 5.74) is 1.27. The van der Waals surface area contributed by atoms with Crippen molar-refractivity contribution in [3.63, 3.8) is 0 Å². The van der Waals surface area contributed by atoms with Crippen molar-refractivity contribution < 1.29 is 14.3 Å². The molecule has 2 aliphatic carbocycles. The molecule has 3 aromatic heterocycles. The number of nitrogens with one attached hydrogen (secondary N) is 2. The number of carboxylic acids is 1. The largest absolute Gasteiger partial charge is 0.481 e. The van der Waals surface area contributed by atoms with E-state index >= 15 is 0 Å². The van der Waals surface area contributed by atoms with Gasteiger partial charge in [-0.15, -0.1) is 0 Å². The molecular weight excluding hydrogens is 385 g/mol. The summed E-state index contributed by atoms with van der Waals surface area (Å²) in [6.07, 6.45) is 7.07. The molecule has 2 fully saturated rings. The number of H-pyrrole nitrogens is 1. The maximum absolute atomic E-state index is 14.4. The molecule has 2 bridgehead atoms. The van der Waals surface area contributed by atoms with Crippen molar-refractivity contribution in [1.82, 2.24) is 19.9 Å². The van der Waals surface area contributed by atoms with Gasteiger partial charge in [-0.05, 0) is 37.2 Å². The van der Waals surface area contributed by atoms with Crippen molar-refractivity contribution in [3.05, 3.63) is 35.5 Å². The van der Waals surface area contributed by atoms with Crippen molar-refractivity contribution >= 4 is 34.4 Å². The molecule has 0 aromatic carbocycles. The van der Waals surface area contributed by atoms with Crippen LogP contribution in [0.2, 0.25) is 5.02 Å². The van der Waals surface area contributed by atoms with Gasteiger partial charge >= 0.3 is 5.97 Å². The molecule has 0 saturated heterocycles. The van der Waals surface area contributed by atoms with E-state index in [0.717, 1.165) is 30.8 Å². The monoisotopic (exact) mass is 401 g/mol. The molecule has 3 unspecified atom stereocenters. The number of halogens is 2. The number of aromatic nitrogens is 4. The van der Waals surface area contributed by atoms with Crippen LogP contribution in [-0.2, 0) is 4.79 Å². The van der Waals surface area contributed by atoms with Crippen molar-refractivity contribution in [3.8, 4) is 11.4 Å². The summed E-state index contributed by atoms with van der Waals surface area (Å²) >= 11 is 6.04. The predicted molar refractivity (Wildman–Crippen MR) is 101 cm³/mol. The van der Waals surface area contributed by atoms with Crippen LogP contribution in [0.4, 0.5) is 10.2 Å². The molecule has 7 nitrogen and oxygen atoms in total. The third kappa shape index (κ3) is 2.71. The summed E-state index contributed by atoms with van der Waals surface area (Å²) in [4.78, 5) is 27.4. The van der Waals surface area contributed by atoms with Crippen molar-refractivity contribution in [2.24, 2.45) is 17.8 Å². The normalized spacial score (nSPS) is 26.1. The Morgan fingerprint density at radius 1 is 1.29 bits per heavy atom. The number of carbonyl (C=O) groups is 1. The van der Waals surface area contributed by atoms with Gasteiger partial charge in [0.15, 0.2) is 17.5 Å². The second-order valence-electron chi connectivity index (χ2n) is 7.51. The first kappa shape index (κ1) is 17.4. The Morgan fingerprint density at radius 2 is 2.11 bits per heavy atom.